The summed E-state index contributed by atoms with van der Waals surface area (Å²) >= 11 is 0. The number of benzene rings is 2. The predicted octanol–water partition coefficient (Wildman–Crippen LogP) is 4.79. The van der Waals surface area contributed by atoms with Gasteiger partial charge >= 0.3 is 0 Å². The number of ether oxygens (including phenoxy) is 4. The van der Waals surface area contributed by atoms with Gasteiger partial charge in [-0.05, 0) is 51.1 Å². The molecule has 0 saturated heterocycles. The minimum absolute atomic E-state index is 0.125. The standard InChI is InChI=1S/C22H26O5/c1-5-25-18-10-8-9-16(13-18)20(23)12-11-17-14-19(26-6-2)15-21(24-4)22(17)27-7-3/h8-15H,5-7H2,1-4H3/b12-11+. The first-order valence-corrected chi connectivity index (χ1v) is 9.05. The Morgan fingerprint density at radius 2 is 1.63 bits per heavy atom. The molecule has 0 aliphatic heterocycles. The van der Waals surface area contributed by atoms with Gasteiger partial charge in [-0.1, -0.05) is 12.1 Å². The number of methoxy groups -OCH3 is 1. The summed E-state index contributed by atoms with van der Waals surface area (Å²) in [6, 6.07) is 10.7. The molecule has 144 valence electrons. The predicted molar refractivity (Wildman–Crippen MR) is 106 cm³/mol. The minimum atomic E-state index is -0.125. The molecular weight excluding hydrogens is 344 g/mol. The number of hydrogen-bond donors (Lipinski definition) is 0. The Bertz CT molecular complexity index is 795. The number of allylic oxidation sites excluding steroid dienone is 1. The Kier molecular flexibility index (Phi) is 7.74. The summed E-state index contributed by atoms with van der Waals surface area (Å²) in [5.74, 6) is 2.35. The van der Waals surface area contributed by atoms with Crippen molar-refractivity contribution in [3.8, 4) is 23.0 Å². The first-order valence-electron chi connectivity index (χ1n) is 9.05. The van der Waals surface area contributed by atoms with Gasteiger partial charge in [0.1, 0.15) is 11.5 Å². The summed E-state index contributed by atoms with van der Waals surface area (Å²) in [6.07, 6.45) is 3.23. The lowest BCUT2D eigenvalue weighted by Crippen LogP contribution is -2.00. The Balaban J connectivity index is 2.34. The monoisotopic (exact) mass is 370 g/mol. The molecule has 0 spiro atoms. The van der Waals surface area contributed by atoms with Crippen molar-refractivity contribution < 1.29 is 23.7 Å². The third-order valence-electron chi connectivity index (χ3n) is 3.72. The third kappa shape index (κ3) is 5.51. The van der Waals surface area contributed by atoms with Crippen molar-refractivity contribution in [1.29, 1.82) is 0 Å². The average molecular weight is 370 g/mol. The van der Waals surface area contributed by atoms with Gasteiger partial charge in [-0.15, -0.1) is 0 Å². The average Bonchev–Trinajstić information content (AvgIpc) is 2.68. The van der Waals surface area contributed by atoms with Gasteiger partial charge in [0.15, 0.2) is 17.3 Å². The Labute approximate surface area is 160 Å². The fraction of sp³-hybridized carbons (Fsp3) is 0.318. The lowest BCUT2D eigenvalue weighted by molar-refractivity contribution is 0.104. The fourth-order valence-electron chi connectivity index (χ4n) is 2.59. The maximum Gasteiger partial charge on any atom is 0.185 e. The third-order valence-corrected chi connectivity index (χ3v) is 3.72. The summed E-state index contributed by atoms with van der Waals surface area (Å²) in [7, 11) is 1.57. The van der Waals surface area contributed by atoms with Gasteiger partial charge in [-0.25, -0.2) is 0 Å². The van der Waals surface area contributed by atoms with Gasteiger partial charge in [0.05, 0.1) is 26.9 Å². The molecule has 0 aliphatic carbocycles. The maximum absolute atomic E-state index is 12.6. The zero-order valence-electron chi connectivity index (χ0n) is 16.3. The topological polar surface area (TPSA) is 54.0 Å². The minimum Gasteiger partial charge on any atom is -0.494 e. The van der Waals surface area contributed by atoms with Crippen molar-refractivity contribution in [1.82, 2.24) is 0 Å². The molecule has 0 bridgehead atoms. The van der Waals surface area contributed by atoms with Crippen LogP contribution in [0.4, 0.5) is 0 Å². The SMILES string of the molecule is CCOc1cccc(C(=O)/C=C/c2cc(OCC)cc(OC)c2OCC)c1. The van der Waals surface area contributed by atoms with Gasteiger partial charge in [0, 0.05) is 17.2 Å². The number of carbonyl (C=O) groups excluding carboxylic acids is 1. The molecule has 2 rings (SSSR count). The summed E-state index contributed by atoms with van der Waals surface area (Å²) in [4.78, 5) is 12.6. The molecule has 2 aromatic rings. The van der Waals surface area contributed by atoms with Crippen LogP contribution < -0.4 is 18.9 Å². The van der Waals surface area contributed by atoms with E-state index in [0.29, 0.717) is 53.9 Å². The molecule has 0 N–H and O–H groups in total. The molecule has 5 heteroatoms. The fourth-order valence-corrected chi connectivity index (χ4v) is 2.59. The lowest BCUT2D eigenvalue weighted by atomic mass is 10.1. The van der Waals surface area contributed by atoms with Gasteiger partial charge in [-0.2, -0.15) is 0 Å². The van der Waals surface area contributed by atoms with Crippen molar-refractivity contribution in [2.75, 3.05) is 26.9 Å². The number of ketones is 1. The van der Waals surface area contributed by atoms with Crippen molar-refractivity contribution >= 4 is 11.9 Å². The first kappa shape index (κ1) is 20.4. The van der Waals surface area contributed by atoms with Crippen LogP contribution in [0, 0.1) is 0 Å². The highest BCUT2D eigenvalue weighted by Crippen LogP contribution is 2.37. The molecule has 0 atom stereocenters. The highest BCUT2D eigenvalue weighted by Gasteiger charge is 2.13. The van der Waals surface area contributed by atoms with E-state index in [4.69, 9.17) is 18.9 Å². The summed E-state index contributed by atoms with van der Waals surface area (Å²) in [5, 5.41) is 0. The Morgan fingerprint density at radius 3 is 2.30 bits per heavy atom. The molecule has 0 aromatic heterocycles. The molecule has 0 amide bonds. The highest BCUT2D eigenvalue weighted by atomic mass is 16.5. The van der Waals surface area contributed by atoms with E-state index in [1.165, 1.54) is 6.08 Å². The van der Waals surface area contributed by atoms with Crippen LogP contribution in [0.3, 0.4) is 0 Å². The van der Waals surface area contributed by atoms with Crippen LogP contribution in [0.15, 0.2) is 42.5 Å². The Morgan fingerprint density at radius 1 is 0.926 bits per heavy atom. The smallest absolute Gasteiger partial charge is 0.185 e. The maximum atomic E-state index is 12.6. The second kappa shape index (κ2) is 10.3. The largest absolute Gasteiger partial charge is 0.494 e. The number of carbonyl (C=O) groups is 1. The molecule has 0 saturated carbocycles. The molecule has 0 heterocycles. The molecule has 27 heavy (non-hydrogen) atoms. The van der Waals surface area contributed by atoms with E-state index < -0.39 is 0 Å². The first-order chi connectivity index (χ1) is 13.1. The Hall–Kier alpha value is -2.95. The zero-order chi connectivity index (χ0) is 19.6. The van der Waals surface area contributed by atoms with Crippen LogP contribution in [-0.2, 0) is 0 Å². The van der Waals surface area contributed by atoms with E-state index >= 15 is 0 Å². The van der Waals surface area contributed by atoms with Crippen LogP contribution in [0.25, 0.3) is 6.08 Å². The molecule has 5 nitrogen and oxygen atoms in total. The number of rotatable bonds is 10. The van der Waals surface area contributed by atoms with E-state index in [0.717, 1.165) is 0 Å². The van der Waals surface area contributed by atoms with E-state index in [-0.39, 0.29) is 5.78 Å². The van der Waals surface area contributed by atoms with Gasteiger partial charge in [-0.3, -0.25) is 4.79 Å². The summed E-state index contributed by atoms with van der Waals surface area (Å²) in [6.45, 7) is 7.28. The summed E-state index contributed by atoms with van der Waals surface area (Å²) < 4.78 is 22.2. The number of hydrogen-bond acceptors (Lipinski definition) is 5. The molecular formula is C22H26O5. The van der Waals surface area contributed by atoms with Crippen molar-refractivity contribution in [2.45, 2.75) is 20.8 Å². The zero-order valence-corrected chi connectivity index (χ0v) is 16.3. The molecule has 0 unspecified atom stereocenters. The van der Waals surface area contributed by atoms with Crippen LogP contribution in [0.2, 0.25) is 0 Å². The quantitative estimate of drug-likeness (QED) is 0.445. The second-order valence-electron chi connectivity index (χ2n) is 5.57. The van der Waals surface area contributed by atoms with Gasteiger partial charge in [0.2, 0.25) is 0 Å². The highest BCUT2D eigenvalue weighted by molar-refractivity contribution is 6.07. The second-order valence-corrected chi connectivity index (χ2v) is 5.57. The molecule has 0 aliphatic rings. The molecule has 0 fully saturated rings. The van der Waals surface area contributed by atoms with Crippen LogP contribution >= 0.6 is 0 Å². The molecule has 0 radical (unpaired) electrons. The van der Waals surface area contributed by atoms with E-state index in [1.807, 2.05) is 32.9 Å². The summed E-state index contributed by atoms with van der Waals surface area (Å²) in [5.41, 5.74) is 1.28. The van der Waals surface area contributed by atoms with E-state index in [1.54, 1.807) is 37.5 Å². The van der Waals surface area contributed by atoms with Gasteiger partial charge in [0.25, 0.3) is 0 Å². The van der Waals surface area contributed by atoms with E-state index in [9.17, 15) is 4.79 Å². The van der Waals surface area contributed by atoms with Gasteiger partial charge < -0.3 is 18.9 Å². The van der Waals surface area contributed by atoms with Crippen molar-refractivity contribution in [3.05, 3.63) is 53.6 Å². The lowest BCUT2D eigenvalue weighted by Gasteiger charge is -2.14. The normalized spacial score (nSPS) is 10.7. The van der Waals surface area contributed by atoms with Crippen LogP contribution in [0.5, 0.6) is 23.0 Å². The molecule has 2 aromatic carbocycles. The van der Waals surface area contributed by atoms with E-state index in [2.05, 4.69) is 0 Å². The van der Waals surface area contributed by atoms with Crippen LogP contribution in [0.1, 0.15) is 36.7 Å². The van der Waals surface area contributed by atoms with Crippen molar-refractivity contribution in [2.24, 2.45) is 0 Å². The van der Waals surface area contributed by atoms with Crippen molar-refractivity contribution in [3.63, 3.8) is 0 Å². The van der Waals surface area contributed by atoms with Crippen LogP contribution in [-0.4, -0.2) is 32.7 Å².